The molecule has 4 rings (SSSR count). The predicted octanol–water partition coefficient (Wildman–Crippen LogP) is 2.72. The van der Waals surface area contributed by atoms with Crippen molar-refractivity contribution in [1.29, 1.82) is 0 Å². The van der Waals surface area contributed by atoms with Crippen LogP contribution in [0.2, 0.25) is 0 Å². The Morgan fingerprint density at radius 2 is 1.76 bits per heavy atom. The summed E-state index contributed by atoms with van der Waals surface area (Å²) >= 11 is 0. The minimum absolute atomic E-state index is 0.301. The van der Waals surface area contributed by atoms with Crippen molar-refractivity contribution in [2.75, 3.05) is 42.6 Å². The molecule has 1 fully saturated rings. The number of Topliss-reactive ketones (excluding diaryl/α,β-unsaturated/α-hetero) is 1. The van der Waals surface area contributed by atoms with E-state index in [0.717, 1.165) is 17.8 Å². The number of ketones is 1. The first kappa shape index (κ1) is 19.4. The lowest BCUT2D eigenvalue weighted by atomic mass is 10.1. The number of alkyl halides is 3. The molecule has 3 heterocycles. The number of aryl methyl sites for hydroxylation is 1. The lowest BCUT2D eigenvalue weighted by molar-refractivity contribution is -0.137. The van der Waals surface area contributed by atoms with Crippen molar-refractivity contribution in [2.45, 2.75) is 13.1 Å². The number of halogens is 3. The van der Waals surface area contributed by atoms with E-state index >= 15 is 0 Å². The Balaban J connectivity index is 1.40. The van der Waals surface area contributed by atoms with Crippen LogP contribution in [0.3, 0.4) is 0 Å². The maximum absolute atomic E-state index is 12.7. The van der Waals surface area contributed by atoms with Crippen molar-refractivity contribution in [2.24, 2.45) is 0 Å². The van der Waals surface area contributed by atoms with E-state index in [2.05, 4.69) is 4.98 Å². The molecule has 0 N–H and O–H groups in total. The highest BCUT2D eigenvalue weighted by Crippen LogP contribution is 2.31. The number of benzene rings is 1. The molecule has 152 valence electrons. The molecule has 1 aromatic heterocycles. The summed E-state index contributed by atoms with van der Waals surface area (Å²) in [5, 5.41) is 0. The first-order valence-electron chi connectivity index (χ1n) is 9.21. The highest BCUT2D eigenvalue weighted by atomic mass is 19.4. The zero-order valence-electron chi connectivity index (χ0n) is 15.7. The van der Waals surface area contributed by atoms with E-state index < -0.39 is 23.4 Å². The summed E-state index contributed by atoms with van der Waals surface area (Å²) < 4.78 is 38.0. The van der Waals surface area contributed by atoms with Gasteiger partial charge in [-0.2, -0.15) is 13.2 Å². The van der Waals surface area contributed by atoms with E-state index in [4.69, 9.17) is 0 Å². The average Bonchev–Trinajstić information content (AvgIpc) is 2.92. The molecule has 0 saturated carbocycles. The first-order valence-corrected chi connectivity index (χ1v) is 9.21. The van der Waals surface area contributed by atoms with Crippen molar-refractivity contribution in [3.63, 3.8) is 0 Å². The molecule has 2 aliphatic rings. The van der Waals surface area contributed by atoms with Crippen molar-refractivity contribution >= 4 is 23.2 Å². The summed E-state index contributed by atoms with van der Waals surface area (Å²) in [6.45, 7) is 4.50. The molecule has 1 amide bonds. The fourth-order valence-electron chi connectivity index (χ4n) is 3.61. The van der Waals surface area contributed by atoms with E-state index in [9.17, 15) is 22.8 Å². The Hall–Kier alpha value is -2.94. The van der Waals surface area contributed by atoms with E-state index in [0.29, 0.717) is 49.9 Å². The van der Waals surface area contributed by atoms with Crippen LogP contribution in [0.1, 0.15) is 21.5 Å². The molecule has 0 bridgehead atoms. The number of carbonyl (C=O) groups is 2. The smallest absolute Gasteiger partial charge is 0.354 e. The lowest BCUT2D eigenvalue weighted by Gasteiger charge is -2.37. The van der Waals surface area contributed by atoms with Crippen LogP contribution >= 0.6 is 0 Å². The number of hydrogen-bond donors (Lipinski definition) is 0. The fourth-order valence-corrected chi connectivity index (χ4v) is 3.61. The van der Waals surface area contributed by atoms with Gasteiger partial charge in [0.1, 0.15) is 5.82 Å². The summed E-state index contributed by atoms with van der Waals surface area (Å²) in [7, 11) is 0. The minimum atomic E-state index is -4.40. The molecule has 2 aliphatic heterocycles. The van der Waals surface area contributed by atoms with Crippen molar-refractivity contribution in [3.05, 3.63) is 53.2 Å². The Labute approximate surface area is 165 Å². The Morgan fingerprint density at radius 3 is 2.38 bits per heavy atom. The molecule has 0 spiro atoms. The fraction of sp³-hybridized carbons (Fsp3) is 0.350. The topological polar surface area (TPSA) is 56.8 Å². The van der Waals surface area contributed by atoms with Gasteiger partial charge in [-0.05, 0) is 31.2 Å². The number of pyridine rings is 1. The van der Waals surface area contributed by atoms with Gasteiger partial charge in [-0.15, -0.1) is 0 Å². The van der Waals surface area contributed by atoms with Gasteiger partial charge in [0.25, 0.3) is 5.78 Å². The molecule has 1 saturated heterocycles. The zero-order valence-corrected chi connectivity index (χ0v) is 15.7. The van der Waals surface area contributed by atoms with E-state index in [-0.39, 0.29) is 0 Å². The number of amides is 1. The summed E-state index contributed by atoms with van der Waals surface area (Å²) in [6.07, 6.45) is -3.56. The van der Waals surface area contributed by atoms with Crippen LogP contribution in [0, 0.1) is 6.92 Å². The van der Waals surface area contributed by atoms with Gasteiger partial charge in [-0.3, -0.25) is 19.4 Å². The Morgan fingerprint density at radius 1 is 1.03 bits per heavy atom. The number of hydrogen-bond acceptors (Lipinski definition) is 5. The summed E-state index contributed by atoms with van der Waals surface area (Å²) in [4.78, 5) is 34.0. The molecule has 0 unspecified atom stereocenters. The quantitative estimate of drug-likeness (QED) is 0.737. The second kappa shape index (κ2) is 7.14. The third-order valence-corrected chi connectivity index (χ3v) is 5.24. The Bertz CT molecular complexity index is 951. The van der Waals surface area contributed by atoms with Crippen molar-refractivity contribution in [1.82, 2.24) is 9.88 Å². The molecule has 9 heteroatoms. The van der Waals surface area contributed by atoms with Gasteiger partial charge in [0, 0.05) is 32.4 Å². The molecule has 0 atom stereocenters. The summed E-state index contributed by atoms with van der Waals surface area (Å²) in [5.41, 5.74) is 1.20. The van der Waals surface area contributed by atoms with Gasteiger partial charge in [-0.1, -0.05) is 11.6 Å². The largest absolute Gasteiger partial charge is 0.417 e. The predicted molar refractivity (Wildman–Crippen MR) is 101 cm³/mol. The van der Waals surface area contributed by atoms with Crippen LogP contribution in [0.25, 0.3) is 0 Å². The maximum atomic E-state index is 12.7. The summed E-state index contributed by atoms with van der Waals surface area (Å²) in [5.74, 6) is -0.528. The minimum Gasteiger partial charge on any atom is -0.354 e. The highest BCUT2D eigenvalue weighted by Gasteiger charge is 2.37. The second-order valence-electron chi connectivity index (χ2n) is 7.23. The van der Waals surface area contributed by atoms with Crippen LogP contribution in [-0.2, 0) is 11.0 Å². The van der Waals surface area contributed by atoms with Crippen LogP contribution in [0.15, 0.2) is 36.5 Å². The van der Waals surface area contributed by atoms with Gasteiger partial charge in [0.2, 0.25) is 0 Å². The molecule has 2 aromatic rings. The monoisotopic (exact) mass is 404 g/mol. The number of rotatable bonds is 3. The van der Waals surface area contributed by atoms with Gasteiger partial charge >= 0.3 is 12.1 Å². The molecule has 6 nitrogen and oxygen atoms in total. The maximum Gasteiger partial charge on any atom is 0.417 e. The van der Waals surface area contributed by atoms with Gasteiger partial charge < -0.3 is 4.90 Å². The molecule has 1 aromatic carbocycles. The number of anilines is 2. The Kier molecular flexibility index (Phi) is 4.77. The number of nitrogens with zero attached hydrogens (tertiary/aromatic N) is 4. The van der Waals surface area contributed by atoms with Crippen LogP contribution in [0.5, 0.6) is 0 Å². The van der Waals surface area contributed by atoms with E-state index in [1.54, 1.807) is 12.1 Å². The summed E-state index contributed by atoms with van der Waals surface area (Å²) in [6, 6.07) is 7.79. The van der Waals surface area contributed by atoms with E-state index in [1.807, 2.05) is 22.8 Å². The lowest BCUT2D eigenvalue weighted by Crippen LogP contribution is -2.51. The molecular formula is C20H19F3N4O2. The highest BCUT2D eigenvalue weighted by molar-refractivity contribution is 6.52. The SMILES string of the molecule is Cc1ccc2c(c1)C(=O)C(=O)N2CN1CCN(c2ccc(C(F)(F)F)cn2)CC1. The molecule has 0 radical (unpaired) electrons. The number of aromatic nitrogens is 1. The van der Waals surface area contributed by atoms with Crippen LogP contribution < -0.4 is 9.80 Å². The standard InChI is InChI=1S/C20H19F3N4O2/c1-13-2-4-16-15(10-13)18(28)19(29)27(16)12-25-6-8-26(9-7-25)17-5-3-14(11-24-17)20(21,22)23/h2-5,10-11H,6-9,12H2,1H3. The van der Waals surface area contributed by atoms with Crippen molar-refractivity contribution < 1.29 is 22.8 Å². The van der Waals surface area contributed by atoms with Gasteiger partial charge in [0.05, 0.1) is 23.5 Å². The second-order valence-corrected chi connectivity index (χ2v) is 7.23. The molecule has 0 aliphatic carbocycles. The third-order valence-electron chi connectivity index (χ3n) is 5.24. The zero-order chi connectivity index (χ0) is 20.8. The third kappa shape index (κ3) is 3.69. The average molecular weight is 404 g/mol. The molecular weight excluding hydrogens is 385 g/mol. The van der Waals surface area contributed by atoms with Gasteiger partial charge in [-0.25, -0.2) is 4.98 Å². The van der Waals surface area contributed by atoms with E-state index in [1.165, 1.54) is 11.0 Å². The normalized spacial score (nSPS) is 17.8. The first-order chi connectivity index (χ1) is 13.7. The molecule has 29 heavy (non-hydrogen) atoms. The van der Waals surface area contributed by atoms with Crippen LogP contribution in [-0.4, -0.2) is 54.4 Å². The number of piperazine rings is 1. The van der Waals surface area contributed by atoms with Crippen molar-refractivity contribution in [3.8, 4) is 0 Å². The van der Waals surface area contributed by atoms with Crippen LogP contribution in [0.4, 0.5) is 24.7 Å². The number of fused-ring (bicyclic) bond motifs is 1. The number of carbonyl (C=O) groups excluding carboxylic acids is 2. The van der Waals surface area contributed by atoms with Gasteiger partial charge in [0.15, 0.2) is 0 Å².